The smallest absolute Gasteiger partial charge is 0.266 e. The van der Waals surface area contributed by atoms with Gasteiger partial charge in [-0.1, -0.05) is 41.0 Å². The van der Waals surface area contributed by atoms with Crippen molar-refractivity contribution >= 4 is 60.7 Å². The van der Waals surface area contributed by atoms with Crippen LogP contribution in [0.15, 0.2) is 17.1 Å². The lowest BCUT2D eigenvalue weighted by Gasteiger charge is -2.31. The summed E-state index contributed by atoms with van der Waals surface area (Å²) in [7, 11) is -1.70. The summed E-state index contributed by atoms with van der Waals surface area (Å²) in [5.41, 5.74) is 0.703. The van der Waals surface area contributed by atoms with E-state index in [4.69, 9.17) is 23.2 Å². The average molecular weight is 422 g/mol. The largest absolute Gasteiger partial charge is 0.318 e. The predicted octanol–water partition coefficient (Wildman–Crippen LogP) is 2.79. The maximum Gasteiger partial charge on any atom is 0.266 e. The van der Waals surface area contributed by atoms with Gasteiger partial charge < -0.3 is 4.57 Å². The molecule has 0 spiro atoms. The first-order valence-corrected chi connectivity index (χ1v) is 11.1. The van der Waals surface area contributed by atoms with Crippen LogP contribution in [0.5, 0.6) is 0 Å². The second-order valence-corrected chi connectivity index (χ2v) is 9.72. The first-order chi connectivity index (χ1) is 11.7. The van der Waals surface area contributed by atoms with Gasteiger partial charge >= 0.3 is 0 Å². The second kappa shape index (κ2) is 7.00. The van der Waals surface area contributed by atoms with Crippen LogP contribution < -0.4 is 4.80 Å². The maximum atomic E-state index is 12.7. The fourth-order valence-corrected chi connectivity index (χ4v) is 5.65. The topological polar surface area (TPSA) is 71.7 Å². The van der Waals surface area contributed by atoms with Crippen LogP contribution in [0.1, 0.15) is 19.3 Å². The monoisotopic (exact) mass is 421 g/mol. The molecule has 25 heavy (non-hydrogen) atoms. The fraction of sp³-hybridized carbons (Fsp3) is 0.467. The highest BCUT2D eigenvalue weighted by Crippen LogP contribution is 2.31. The van der Waals surface area contributed by atoms with Crippen molar-refractivity contribution < 1.29 is 13.2 Å². The van der Waals surface area contributed by atoms with Crippen LogP contribution in [0.25, 0.3) is 10.2 Å². The molecular formula is C15H17Cl2N3O3S2. The van der Waals surface area contributed by atoms with E-state index < -0.39 is 22.0 Å². The van der Waals surface area contributed by atoms with E-state index in [-0.39, 0.29) is 0 Å². The summed E-state index contributed by atoms with van der Waals surface area (Å²) in [4.78, 5) is 17.3. The fourth-order valence-electron chi connectivity index (χ4n) is 2.99. The van der Waals surface area contributed by atoms with E-state index in [0.717, 1.165) is 23.8 Å². The first kappa shape index (κ1) is 18.8. The molecular weight excluding hydrogens is 405 g/mol. The Labute approximate surface area is 159 Å². The summed E-state index contributed by atoms with van der Waals surface area (Å²) in [6.45, 7) is 0.352. The molecule has 0 saturated carbocycles. The molecule has 2 aromatic rings. The van der Waals surface area contributed by atoms with E-state index in [1.807, 2.05) is 6.07 Å². The lowest BCUT2D eigenvalue weighted by Crippen LogP contribution is -2.47. The number of hydrogen-bond donors (Lipinski definition) is 0. The maximum absolute atomic E-state index is 12.7. The highest BCUT2D eigenvalue weighted by molar-refractivity contribution is 7.88. The number of rotatable bonds is 2. The minimum atomic E-state index is -3.45. The molecule has 1 saturated heterocycles. The number of amides is 1. The molecule has 0 radical (unpaired) electrons. The number of fused-ring (bicyclic) bond motifs is 1. The molecule has 1 atom stereocenters. The van der Waals surface area contributed by atoms with Gasteiger partial charge in [0.1, 0.15) is 6.04 Å². The Morgan fingerprint density at radius 2 is 2.04 bits per heavy atom. The quantitative estimate of drug-likeness (QED) is 0.747. The van der Waals surface area contributed by atoms with Crippen molar-refractivity contribution in [2.24, 2.45) is 12.0 Å². The predicted molar refractivity (Wildman–Crippen MR) is 101 cm³/mol. The van der Waals surface area contributed by atoms with Crippen molar-refractivity contribution in [2.75, 3.05) is 12.8 Å². The average Bonchev–Trinajstić information content (AvgIpc) is 2.87. The van der Waals surface area contributed by atoms with E-state index in [2.05, 4.69) is 4.99 Å². The number of carbonyl (C=O) groups is 1. The minimum Gasteiger partial charge on any atom is -0.318 e. The van der Waals surface area contributed by atoms with Crippen LogP contribution in [0.4, 0.5) is 0 Å². The van der Waals surface area contributed by atoms with E-state index in [9.17, 15) is 13.2 Å². The molecule has 1 aromatic carbocycles. The number of benzene rings is 1. The minimum absolute atomic E-state index is 0.352. The van der Waals surface area contributed by atoms with Crippen LogP contribution in [-0.2, 0) is 21.9 Å². The zero-order valence-electron chi connectivity index (χ0n) is 13.7. The Balaban J connectivity index is 2.05. The third-order valence-electron chi connectivity index (χ3n) is 4.23. The number of hydrogen-bond acceptors (Lipinski definition) is 4. The van der Waals surface area contributed by atoms with Crippen LogP contribution in [0.2, 0.25) is 10.0 Å². The molecule has 1 amide bonds. The molecule has 1 aromatic heterocycles. The molecule has 1 aliphatic rings. The molecule has 6 nitrogen and oxygen atoms in total. The third-order valence-corrected chi connectivity index (χ3v) is 7.41. The van der Waals surface area contributed by atoms with Gasteiger partial charge in [0.2, 0.25) is 10.0 Å². The van der Waals surface area contributed by atoms with Gasteiger partial charge in [-0.05, 0) is 25.0 Å². The van der Waals surface area contributed by atoms with Crippen LogP contribution in [0.3, 0.4) is 0 Å². The summed E-state index contributed by atoms with van der Waals surface area (Å²) in [5, 5.41) is 0.832. The van der Waals surface area contributed by atoms with Crippen molar-refractivity contribution in [1.82, 2.24) is 8.87 Å². The highest BCUT2D eigenvalue weighted by atomic mass is 35.5. The van der Waals surface area contributed by atoms with Gasteiger partial charge in [0.15, 0.2) is 4.80 Å². The molecule has 0 bridgehead atoms. The molecule has 10 heteroatoms. The zero-order chi connectivity index (χ0) is 18.4. The van der Waals surface area contributed by atoms with Gasteiger partial charge in [0.05, 0.1) is 26.5 Å². The lowest BCUT2D eigenvalue weighted by atomic mass is 10.0. The number of nitrogens with zero attached hydrogens (tertiary/aromatic N) is 3. The normalized spacial score (nSPS) is 20.3. The van der Waals surface area contributed by atoms with Crippen molar-refractivity contribution in [3.63, 3.8) is 0 Å². The Morgan fingerprint density at radius 1 is 1.32 bits per heavy atom. The lowest BCUT2D eigenvalue weighted by molar-refractivity contribution is -0.122. The van der Waals surface area contributed by atoms with E-state index in [1.165, 1.54) is 15.6 Å². The molecule has 2 heterocycles. The van der Waals surface area contributed by atoms with E-state index in [1.54, 1.807) is 17.7 Å². The third kappa shape index (κ3) is 3.64. The van der Waals surface area contributed by atoms with Crippen LogP contribution >= 0.6 is 34.5 Å². The molecule has 1 fully saturated rings. The van der Waals surface area contributed by atoms with Gasteiger partial charge in [-0.15, -0.1) is 0 Å². The van der Waals surface area contributed by atoms with E-state index in [0.29, 0.717) is 33.3 Å². The Kier molecular flexibility index (Phi) is 5.28. The molecule has 3 rings (SSSR count). The van der Waals surface area contributed by atoms with E-state index >= 15 is 0 Å². The number of carbonyl (C=O) groups excluding carboxylic acids is 1. The van der Waals surface area contributed by atoms with Gasteiger partial charge in [-0.25, -0.2) is 8.42 Å². The number of aryl methyl sites for hydroxylation is 1. The Bertz CT molecular complexity index is 1010. The Hall–Kier alpha value is -0.930. The second-order valence-electron chi connectivity index (χ2n) is 5.99. The summed E-state index contributed by atoms with van der Waals surface area (Å²) in [6, 6.07) is 2.77. The molecule has 0 aliphatic carbocycles. The number of piperidine rings is 1. The summed E-state index contributed by atoms with van der Waals surface area (Å²) < 4.78 is 27.7. The number of halogens is 2. The van der Waals surface area contributed by atoms with Gasteiger partial charge in [-0.3, -0.25) is 4.79 Å². The van der Waals surface area contributed by atoms with Crippen LogP contribution in [-0.4, -0.2) is 42.0 Å². The zero-order valence-corrected chi connectivity index (χ0v) is 16.8. The molecule has 136 valence electrons. The molecule has 0 N–H and O–H groups in total. The standard InChI is InChI=1S/C15H17Cl2N3O3S2/c1-19-13-11(7-6-9(16)12(13)17)24-15(19)18-14(21)10-5-3-4-8-20(10)25(2,22)23/h6-7,10H,3-5,8H2,1-2H3. The summed E-state index contributed by atoms with van der Waals surface area (Å²) in [5.74, 6) is -0.450. The van der Waals surface area contributed by atoms with Crippen LogP contribution in [0, 0.1) is 0 Å². The van der Waals surface area contributed by atoms with Crippen molar-refractivity contribution in [2.45, 2.75) is 25.3 Å². The summed E-state index contributed by atoms with van der Waals surface area (Å²) in [6.07, 6.45) is 3.16. The van der Waals surface area contributed by atoms with Crippen molar-refractivity contribution in [3.05, 3.63) is 27.0 Å². The number of sulfonamides is 1. The molecule has 1 unspecified atom stereocenters. The van der Waals surface area contributed by atoms with Crippen molar-refractivity contribution in [3.8, 4) is 0 Å². The molecule has 1 aliphatic heterocycles. The first-order valence-electron chi connectivity index (χ1n) is 7.69. The Morgan fingerprint density at radius 3 is 2.72 bits per heavy atom. The summed E-state index contributed by atoms with van der Waals surface area (Å²) >= 11 is 13.6. The van der Waals surface area contributed by atoms with Gasteiger partial charge in [0.25, 0.3) is 5.91 Å². The van der Waals surface area contributed by atoms with Crippen molar-refractivity contribution in [1.29, 1.82) is 0 Å². The number of aromatic nitrogens is 1. The van der Waals surface area contributed by atoms with Gasteiger partial charge in [0, 0.05) is 13.6 Å². The highest BCUT2D eigenvalue weighted by Gasteiger charge is 2.34. The SMILES string of the molecule is Cn1c(=NC(=O)C2CCCCN2S(C)(=O)=O)sc2ccc(Cl)c(Cl)c21. The van der Waals surface area contributed by atoms with Gasteiger partial charge in [-0.2, -0.15) is 9.30 Å². The number of thiazole rings is 1.